The second-order valence-corrected chi connectivity index (χ2v) is 6.39. The van der Waals surface area contributed by atoms with Gasteiger partial charge < -0.3 is 5.73 Å². The summed E-state index contributed by atoms with van der Waals surface area (Å²) in [5.41, 5.74) is 9.61. The predicted molar refractivity (Wildman–Crippen MR) is 90.8 cm³/mol. The van der Waals surface area contributed by atoms with Crippen LogP contribution in [0.5, 0.6) is 0 Å². The van der Waals surface area contributed by atoms with Crippen molar-refractivity contribution in [1.82, 2.24) is 5.43 Å². The van der Waals surface area contributed by atoms with Crippen molar-refractivity contribution in [3.63, 3.8) is 0 Å². The highest BCUT2D eigenvalue weighted by molar-refractivity contribution is 9.10. The number of anilines is 1. The van der Waals surface area contributed by atoms with Crippen LogP contribution in [0.1, 0.15) is 11.5 Å². The summed E-state index contributed by atoms with van der Waals surface area (Å²) in [5, 5.41) is 0. The van der Waals surface area contributed by atoms with E-state index >= 15 is 0 Å². The lowest BCUT2D eigenvalue weighted by molar-refractivity contribution is -0.122. The SMILES string of the molecule is NNC(=O)C(CSc1ccc(N)cc1Br)c1ccccc1. The zero-order valence-electron chi connectivity index (χ0n) is 11.3. The molecule has 0 bridgehead atoms. The third kappa shape index (κ3) is 4.23. The summed E-state index contributed by atoms with van der Waals surface area (Å²) in [4.78, 5) is 13.0. The average molecular weight is 366 g/mol. The lowest BCUT2D eigenvalue weighted by atomic mass is 10.0. The van der Waals surface area contributed by atoms with Crippen molar-refractivity contribution in [2.24, 2.45) is 5.84 Å². The van der Waals surface area contributed by atoms with Gasteiger partial charge in [-0.25, -0.2) is 5.84 Å². The Kier molecular flexibility index (Phi) is 5.67. The minimum absolute atomic E-state index is 0.194. The predicted octanol–water partition coefficient (Wildman–Crippen LogP) is 2.90. The zero-order valence-corrected chi connectivity index (χ0v) is 13.7. The van der Waals surface area contributed by atoms with Gasteiger partial charge in [0.1, 0.15) is 0 Å². The lowest BCUT2D eigenvalue weighted by Gasteiger charge is -2.16. The van der Waals surface area contributed by atoms with E-state index in [0.29, 0.717) is 11.4 Å². The van der Waals surface area contributed by atoms with Crippen molar-refractivity contribution in [3.05, 3.63) is 58.6 Å². The van der Waals surface area contributed by atoms with Gasteiger partial charge >= 0.3 is 0 Å². The van der Waals surface area contributed by atoms with E-state index in [2.05, 4.69) is 21.4 Å². The van der Waals surface area contributed by atoms with Crippen LogP contribution in [-0.2, 0) is 4.79 Å². The first-order chi connectivity index (χ1) is 10.1. The Balaban J connectivity index is 2.15. The largest absolute Gasteiger partial charge is 0.399 e. The third-order valence-corrected chi connectivity index (χ3v) is 5.11. The monoisotopic (exact) mass is 365 g/mol. The first-order valence-electron chi connectivity index (χ1n) is 6.35. The summed E-state index contributed by atoms with van der Waals surface area (Å²) in [6.07, 6.45) is 0. The molecule has 2 aromatic rings. The summed E-state index contributed by atoms with van der Waals surface area (Å²) in [5.74, 6) is 5.39. The fourth-order valence-electron chi connectivity index (χ4n) is 1.92. The molecule has 0 aliphatic rings. The maximum Gasteiger partial charge on any atom is 0.242 e. The Morgan fingerprint density at radius 3 is 2.57 bits per heavy atom. The van der Waals surface area contributed by atoms with Crippen molar-refractivity contribution >= 4 is 39.3 Å². The van der Waals surface area contributed by atoms with Crippen LogP contribution in [-0.4, -0.2) is 11.7 Å². The number of nitrogens with one attached hydrogen (secondary N) is 1. The Morgan fingerprint density at radius 2 is 1.95 bits per heavy atom. The van der Waals surface area contributed by atoms with Gasteiger partial charge in [-0.3, -0.25) is 10.2 Å². The van der Waals surface area contributed by atoms with E-state index in [0.717, 1.165) is 14.9 Å². The normalized spacial score (nSPS) is 11.9. The molecule has 0 aliphatic carbocycles. The summed E-state index contributed by atoms with van der Waals surface area (Å²) in [6, 6.07) is 15.2. The van der Waals surface area contributed by atoms with Crippen molar-refractivity contribution < 1.29 is 4.79 Å². The molecule has 0 fully saturated rings. The van der Waals surface area contributed by atoms with Gasteiger partial charge in [0.25, 0.3) is 0 Å². The number of halogens is 1. The molecule has 1 unspecified atom stereocenters. The van der Waals surface area contributed by atoms with Crippen LogP contribution in [0.3, 0.4) is 0 Å². The summed E-state index contributed by atoms with van der Waals surface area (Å²) < 4.78 is 0.924. The molecule has 0 heterocycles. The van der Waals surface area contributed by atoms with Crippen molar-refractivity contribution in [2.45, 2.75) is 10.8 Å². The van der Waals surface area contributed by atoms with Crippen LogP contribution in [0.2, 0.25) is 0 Å². The van der Waals surface area contributed by atoms with Crippen LogP contribution in [0.25, 0.3) is 0 Å². The van der Waals surface area contributed by atoms with Crippen LogP contribution < -0.4 is 17.0 Å². The van der Waals surface area contributed by atoms with Gasteiger partial charge in [0.15, 0.2) is 0 Å². The molecule has 5 N–H and O–H groups in total. The molecule has 0 saturated carbocycles. The molecular weight excluding hydrogens is 350 g/mol. The second-order valence-electron chi connectivity index (χ2n) is 4.47. The van der Waals surface area contributed by atoms with Crippen molar-refractivity contribution in [1.29, 1.82) is 0 Å². The average Bonchev–Trinajstić information content (AvgIpc) is 2.50. The molecule has 2 aromatic carbocycles. The van der Waals surface area contributed by atoms with E-state index in [1.54, 1.807) is 11.8 Å². The van der Waals surface area contributed by atoms with E-state index in [-0.39, 0.29) is 11.8 Å². The summed E-state index contributed by atoms with van der Waals surface area (Å²) in [7, 11) is 0. The second kappa shape index (κ2) is 7.49. The quantitative estimate of drug-likeness (QED) is 0.250. The van der Waals surface area contributed by atoms with Gasteiger partial charge in [0.2, 0.25) is 5.91 Å². The molecular formula is C15H16BrN3OS. The molecule has 21 heavy (non-hydrogen) atoms. The smallest absolute Gasteiger partial charge is 0.242 e. The van der Waals surface area contributed by atoms with E-state index in [1.807, 2.05) is 48.5 Å². The molecule has 2 rings (SSSR count). The molecule has 0 aromatic heterocycles. The van der Waals surface area contributed by atoms with Gasteiger partial charge in [0, 0.05) is 20.8 Å². The number of nitrogens with two attached hydrogens (primary N) is 2. The first-order valence-corrected chi connectivity index (χ1v) is 8.13. The number of nitrogen functional groups attached to an aromatic ring is 1. The number of benzene rings is 2. The number of thioether (sulfide) groups is 1. The Morgan fingerprint density at radius 1 is 1.24 bits per heavy atom. The molecule has 110 valence electrons. The molecule has 0 radical (unpaired) electrons. The Hall–Kier alpha value is -1.50. The maximum absolute atomic E-state index is 12.0. The minimum atomic E-state index is -0.300. The molecule has 1 amide bonds. The highest BCUT2D eigenvalue weighted by atomic mass is 79.9. The summed E-state index contributed by atoms with van der Waals surface area (Å²) >= 11 is 5.07. The number of hydrazine groups is 1. The standard InChI is InChI=1S/C15H16BrN3OS/c16-13-8-11(17)6-7-14(13)21-9-12(15(20)19-18)10-4-2-1-3-5-10/h1-8,12H,9,17-18H2,(H,19,20). The van der Waals surface area contributed by atoms with Crippen LogP contribution in [0.15, 0.2) is 57.9 Å². The fourth-order valence-corrected chi connectivity index (χ4v) is 3.71. The van der Waals surface area contributed by atoms with Crippen LogP contribution in [0, 0.1) is 0 Å². The topological polar surface area (TPSA) is 81.1 Å². The minimum Gasteiger partial charge on any atom is -0.399 e. The summed E-state index contributed by atoms with van der Waals surface area (Å²) in [6.45, 7) is 0. The van der Waals surface area contributed by atoms with Crippen molar-refractivity contribution in [3.8, 4) is 0 Å². The molecule has 0 saturated heterocycles. The highest BCUT2D eigenvalue weighted by Gasteiger charge is 2.20. The maximum atomic E-state index is 12.0. The van der Waals surface area contributed by atoms with E-state index < -0.39 is 0 Å². The van der Waals surface area contributed by atoms with Crippen LogP contribution >= 0.6 is 27.7 Å². The Bertz CT molecular complexity index is 622. The van der Waals surface area contributed by atoms with Gasteiger partial charge in [-0.1, -0.05) is 30.3 Å². The van der Waals surface area contributed by atoms with E-state index in [4.69, 9.17) is 11.6 Å². The number of hydrogen-bond donors (Lipinski definition) is 3. The molecule has 0 spiro atoms. The zero-order chi connectivity index (χ0) is 15.2. The van der Waals surface area contributed by atoms with Crippen LogP contribution in [0.4, 0.5) is 5.69 Å². The van der Waals surface area contributed by atoms with E-state index in [9.17, 15) is 4.79 Å². The number of carbonyl (C=O) groups is 1. The molecule has 4 nitrogen and oxygen atoms in total. The fraction of sp³-hybridized carbons (Fsp3) is 0.133. The van der Waals surface area contributed by atoms with Crippen molar-refractivity contribution in [2.75, 3.05) is 11.5 Å². The van der Waals surface area contributed by atoms with Gasteiger partial charge in [-0.05, 0) is 39.7 Å². The molecule has 0 aliphatic heterocycles. The van der Waals surface area contributed by atoms with Gasteiger partial charge in [-0.2, -0.15) is 0 Å². The lowest BCUT2D eigenvalue weighted by Crippen LogP contribution is -2.35. The number of amides is 1. The molecule has 6 heteroatoms. The third-order valence-electron chi connectivity index (χ3n) is 3.02. The van der Waals surface area contributed by atoms with Gasteiger partial charge in [0.05, 0.1) is 5.92 Å². The number of hydrogen-bond acceptors (Lipinski definition) is 4. The first kappa shape index (κ1) is 15.9. The highest BCUT2D eigenvalue weighted by Crippen LogP contribution is 2.32. The molecule has 1 atom stereocenters. The Labute approximate surface area is 136 Å². The van der Waals surface area contributed by atoms with Gasteiger partial charge in [-0.15, -0.1) is 11.8 Å². The number of carbonyl (C=O) groups excluding carboxylic acids is 1. The van der Waals surface area contributed by atoms with E-state index in [1.165, 1.54) is 0 Å². The number of rotatable bonds is 5.